The Kier molecular flexibility index (Phi) is 3.41. The molecule has 0 amide bonds. The number of aromatic amines is 1. The van der Waals surface area contributed by atoms with Crippen LogP contribution in [-0.2, 0) is 0 Å². The van der Waals surface area contributed by atoms with Gasteiger partial charge in [-0.3, -0.25) is 0 Å². The highest BCUT2D eigenvalue weighted by atomic mass is 19.1. The van der Waals surface area contributed by atoms with Gasteiger partial charge in [-0.25, -0.2) is 13.9 Å². The monoisotopic (exact) mass is 311 g/mol. The third-order valence-corrected chi connectivity index (χ3v) is 4.66. The van der Waals surface area contributed by atoms with E-state index in [1.807, 2.05) is 36.4 Å². The molecule has 0 spiro atoms. The quantitative estimate of drug-likeness (QED) is 0.790. The van der Waals surface area contributed by atoms with Crippen LogP contribution in [-0.4, -0.2) is 22.7 Å². The molecule has 0 unspecified atom stereocenters. The van der Waals surface area contributed by atoms with Crippen LogP contribution in [0, 0.1) is 5.82 Å². The third kappa shape index (κ3) is 2.52. The smallest absolute Gasteiger partial charge is 0.308 e. The molecule has 4 nitrogen and oxygen atoms in total. The third-order valence-electron chi connectivity index (χ3n) is 4.66. The highest BCUT2D eigenvalue weighted by Gasteiger charge is 2.23. The number of piperidine rings is 1. The van der Waals surface area contributed by atoms with Gasteiger partial charge in [-0.05, 0) is 48.6 Å². The van der Waals surface area contributed by atoms with E-state index in [0.29, 0.717) is 5.92 Å². The largest absolute Gasteiger partial charge is 0.345 e. The topological polar surface area (TPSA) is 41.0 Å². The summed E-state index contributed by atoms with van der Waals surface area (Å²) in [5.41, 5.74) is 2.86. The first-order valence-electron chi connectivity index (χ1n) is 7.93. The fourth-order valence-electron chi connectivity index (χ4n) is 3.46. The van der Waals surface area contributed by atoms with Crippen molar-refractivity contribution in [3.05, 3.63) is 70.4 Å². The molecular weight excluding hydrogens is 293 g/mol. The second-order valence-electron chi connectivity index (χ2n) is 6.04. The zero-order valence-electron chi connectivity index (χ0n) is 12.7. The number of halogens is 1. The van der Waals surface area contributed by atoms with Gasteiger partial charge in [0, 0.05) is 13.1 Å². The van der Waals surface area contributed by atoms with Gasteiger partial charge in [-0.2, -0.15) is 0 Å². The maximum absolute atomic E-state index is 13.0. The van der Waals surface area contributed by atoms with Crippen LogP contribution in [0.15, 0.2) is 53.3 Å². The summed E-state index contributed by atoms with van der Waals surface area (Å²) < 4.78 is 14.8. The lowest BCUT2D eigenvalue weighted by Crippen LogP contribution is -2.45. The summed E-state index contributed by atoms with van der Waals surface area (Å²) in [4.78, 5) is 15.1. The van der Waals surface area contributed by atoms with Crippen LogP contribution in [0.5, 0.6) is 0 Å². The zero-order valence-corrected chi connectivity index (χ0v) is 12.7. The van der Waals surface area contributed by atoms with Gasteiger partial charge in [0.05, 0.1) is 11.0 Å². The minimum atomic E-state index is -0.198. The number of nitrogens with one attached hydrogen (secondary N) is 1. The molecule has 1 saturated heterocycles. The average Bonchev–Trinajstić information content (AvgIpc) is 2.91. The Labute approximate surface area is 133 Å². The molecule has 118 valence electrons. The number of benzene rings is 2. The van der Waals surface area contributed by atoms with Crippen LogP contribution >= 0.6 is 0 Å². The first-order chi connectivity index (χ1) is 11.2. The summed E-state index contributed by atoms with van der Waals surface area (Å²) in [6.45, 7) is 1.62. The number of hydrogen-bond donors (Lipinski definition) is 1. The number of H-pyrrole nitrogens is 1. The van der Waals surface area contributed by atoms with E-state index in [2.05, 4.69) is 9.99 Å². The molecule has 3 aromatic rings. The SMILES string of the molecule is O=c1[nH]c2ccccc2n1N1CCC(c2ccc(F)cc2)CC1. The van der Waals surface area contributed by atoms with Crippen LogP contribution < -0.4 is 10.7 Å². The first kappa shape index (κ1) is 14.1. The summed E-state index contributed by atoms with van der Waals surface area (Å²) in [6.07, 6.45) is 1.91. The van der Waals surface area contributed by atoms with Gasteiger partial charge in [0.15, 0.2) is 0 Å². The number of fused-ring (bicyclic) bond motifs is 1. The molecule has 0 aliphatic carbocycles. The standard InChI is InChI=1S/C18H18FN3O/c19-15-7-5-13(6-8-15)14-9-11-21(12-10-14)22-17-4-2-1-3-16(17)20-18(22)23/h1-8,14H,9-12H2,(H,20,23). The molecule has 1 fully saturated rings. The molecule has 2 heterocycles. The minimum absolute atomic E-state index is 0.0913. The van der Waals surface area contributed by atoms with Crippen molar-refractivity contribution in [1.82, 2.24) is 9.66 Å². The minimum Gasteiger partial charge on any atom is -0.308 e. The maximum Gasteiger partial charge on any atom is 0.345 e. The molecule has 0 bridgehead atoms. The van der Waals surface area contributed by atoms with E-state index < -0.39 is 0 Å². The van der Waals surface area contributed by atoms with Crippen molar-refractivity contribution in [3.8, 4) is 0 Å². The van der Waals surface area contributed by atoms with E-state index in [0.717, 1.165) is 37.0 Å². The van der Waals surface area contributed by atoms with Crippen LogP contribution in [0.4, 0.5) is 4.39 Å². The van der Waals surface area contributed by atoms with E-state index >= 15 is 0 Å². The van der Waals surface area contributed by atoms with Crippen molar-refractivity contribution in [3.63, 3.8) is 0 Å². The molecule has 0 atom stereocenters. The summed E-state index contributed by atoms with van der Waals surface area (Å²) in [7, 11) is 0. The normalized spacial score (nSPS) is 16.1. The summed E-state index contributed by atoms with van der Waals surface area (Å²) >= 11 is 0. The Hall–Kier alpha value is -2.56. The highest BCUT2D eigenvalue weighted by molar-refractivity contribution is 5.75. The Morgan fingerprint density at radius 2 is 1.70 bits per heavy atom. The molecule has 1 aliphatic heterocycles. The van der Waals surface area contributed by atoms with Crippen molar-refractivity contribution < 1.29 is 4.39 Å². The molecule has 1 N–H and O–H groups in total. The fourth-order valence-corrected chi connectivity index (χ4v) is 3.46. The van der Waals surface area contributed by atoms with Gasteiger partial charge in [-0.1, -0.05) is 24.3 Å². The van der Waals surface area contributed by atoms with Crippen molar-refractivity contribution in [1.29, 1.82) is 0 Å². The van der Waals surface area contributed by atoms with Crippen LogP contribution in [0.3, 0.4) is 0 Å². The van der Waals surface area contributed by atoms with Gasteiger partial charge < -0.3 is 9.99 Å². The zero-order chi connectivity index (χ0) is 15.8. The Morgan fingerprint density at radius 3 is 2.43 bits per heavy atom. The van der Waals surface area contributed by atoms with E-state index in [-0.39, 0.29) is 11.5 Å². The Morgan fingerprint density at radius 1 is 1.00 bits per heavy atom. The number of hydrogen-bond acceptors (Lipinski definition) is 2. The number of imidazole rings is 1. The van der Waals surface area contributed by atoms with Gasteiger partial charge in [-0.15, -0.1) is 0 Å². The predicted octanol–water partition coefficient (Wildman–Crippen LogP) is 2.98. The highest BCUT2D eigenvalue weighted by Crippen LogP contribution is 2.28. The Balaban J connectivity index is 1.56. The van der Waals surface area contributed by atoms with Crippen LogP contribution in [0.2, 0.25) is 0 Å². The molecule has 1 aliphatic rings. The molecule has 4 rings (SSSR count). The van der Waals surface area contributed by atoms with E-state index in [1.54, 1.807) is 4.68 Å². The van der Waals surface area contributed by atoms with Crippen molar-refractivity contribution in [2.45, 2.75) is 18.8 Å². The molecule has 0 saturated carbocycles. The fraction of sp³-hybridized carbons (Fsp3) is 0.278. The molecule has 2 aromatic carbocycles. The summed E-state index contributed by atoms with van der Waals surface area (Å²) in [6, 6.07) is 14.5. The van der Waals surface area contributed by atoms with Crippen molar-refractivity contribution in [2.75, 3.05) is 18.1 Å². The number of para-hydroxylation sites is 2. The molecule has 23 heavy (non-hydrogen) atoms. The molecule has 1 aromatic heterocycles. The van der Waals surface area contributed by atoms with E-state index in [4.69, 9.17) is 0 Å². The molecule has 5 heteroatoms. The second kappa shape index (κ2) is 5.57. The number of rotatable bonds is 2. The second-order valence-corrected chi connectivity index (χ2v) is 6.04. The van der Waals surface area contributed by atoms with Crippen molar-refractivity contribution in [2.24, 2.45) is 0 Å². The van der Waals surface area contributed by atoms with Crippen LogP contribution in [0.25, 0.3) is 11.0 Å². The van der Waals surface area contributed by atoms with Crippen LogP contribution in [0.1, 0.15) is 24.3 Å². The van der Waals surface area contributed by atoms with E-state index in [9.17, 15) is 9.18 Å². The average molecular weight is 311 g/mol. The van der Waals surface area contributed by atoms with Gasteiger partial charge in [0.25, 0.3) is 0 Å². The van der Waals surface area contributed by atoms with Gasteiger partial charge in [0.2, 0.25) is 0 Å². The van der Waals surface area contributed by atoms with E-state index in [1.165, 1.54) is 17.7 Å². The maximum atomic E-state index is 13.0. The lowest BCUT2D eigenvalue weighted by atomic mass is 9.90. The van der Waals surface area contributed by atoms with Gasteiger partial charge in [0.1, 0.15) is 5.82 Å². The molecule has 0 radical (unpaired) electrons. The Bertz CT molecular complexity index is 873. The predicted molar refractivity (Wildman–Crippen MR) is 88.9 cm³/mol. The summed E-state index contributed by atoms with van der Waals surface area (Å²) in [5.74, 6) is 0.226. The number of nitrogens with zero attached hydrogens (tertiary/aromatic N) is 2. The lowest BCUT2D eigenvalue weighted by Gasteiger charge is -2.34. The first-order valence-corrected chi connectivity index (χ1v) is 7.93. The molecular formula is C18H18FN3O. The van der Waals surface area contributed by atoms with Crippen molar-refractivity contribution >= 4 is 11.0 Å². The number of aromatic nitrogens is 2. The lowest BCUT2D eigenvalue weighted by molar-refractivity contribution is 0.434. The summed E-state index contributed by atoms with van der Waals surface area (Å²) in [5, 5.41) is 2.10. The van der Waals surface area contributed by atoms with Gasteiger partial charge >= 0.3 is 5.69 Å².